The normalized spacial score (nSPS) is 23.0. The van der Waals surface area contributed by atoms with Gasteiger partial charge in [0.15, 0.2) is 0 Å². The van der Waals surface area contributed by atoms with Crippen molar-refractivity contribution in [1.29, 1.82) is 0 Å². The Hall–Kier alpha value is -1.79. The zero-order valence-electron chi connectivity index (χ0n) is 20.0. The number of likely N-dealkylation sites (tertiary alicyclic amines) is 1. The first kappa shape index (κ1) is 25.5. The minimum Gasteiger partial charge on any atom is -0.352 e. The van der Waals surface area contributed by atoms with Crippen LogP contribution >= 0.6 is 0 Å². The molecule has 1 aliphatic heterocycles. The van der Waals surface area contributed by atoms with E-state index in [0.717, 1.165) is 38.0 Å². The SMILES string of the molecule is CCCCCCCC(NC(=O)NC)C(=O)N1CC[C@H](C)C1C(=O)NC(C)CC1CCC1. The van der Waals surface area contributed by atoms with Crippen LogP contribution in [-0.4, -0.2) is 54.5 Å². The molecule has 0 radical (unpaired) electrons. The summed E-state index contributed by atoms with van der Waals surface area (Å²) in [5.74, 6) is 0.662. The van der Waals surface area contributed by atoms with Gasteiger partial charge in [-0.2, -0.15) is 0 Å². The number of hydrogen-bond donors (Lipinski definition) is 3. The summed E-state index contributed by atoms with van der Waals surface area (Å²) in [5, 5.41) is 8.53. The first-order valence-electron chi connectivity index (χ1n) is 12.5. The number of unbranched alkanes of at least 4 members (excludes halogenated alkanes) is 4. The smallest absolute Gasteiger partial charge is 0.315 e. The van der Waals surface area contributed by atoms with Crippen LogP contribution in [0.4, 0.5) is 4.79 Å². The lowest BCUT2D eigenvalue weighted by molar-refractivity contribution is -0.141. The fourth-order valence-electron chi connectivity index (χ4n) is 4.85. The van der Waals surface area contributed by atoms with Crippen LogP contribution in [-0.2, 0) is 9.59 Å². The summed E-state index contributed by atoms with van der Waals surface area (Å²) >= 11 is 0. The van der Waals surface area contributed by atoms with Crippen LogP contribution in [0.3, 0.4) is 0 Å². The summed E-state index contributed by atoms with van der Waals surface area (Å²) in [6, 6.07) is -1.27. The minimum atomic E-state index is -0.588. The second-order valence-electron chi connectivity index (χ2n) is 9.66. The van der Waals surface area contributed by atoms with Gasteiger partial charge in [0.25, 0.3) is 0 Å². The first-order valence-corrected chi connectivity index (χ1v) is 12.5. The standard InChI is InChI=1S/C24H44N4O3/c1-5-6-7-8-9-13-20(27-24(31)25-4)23(30)28-15-14-17(2)21(28)22(29)26-18(3)16-19-11-10-12-19/h17-21H,5-16H2,1-4H3,(H,26,29)(H2,25,27,31)/t17-,18?,20?,21?/m0/s1. The monoisotopic (exact) mass is 436 g/mol. The van der Waals surface area contributed by atoms with E-state index >= 15 is 0 Å². The highest BCUT2D eigenvalue weighted by Gasteiger charge is 2.42. The summed E-state index contributed by atoms with van der Waals surface area (Å²) in [6.07, 6.45) is 11.7. The Kier molecular flexibility index (Phi) is 10.6. The van der Waals surface area contributed by atoms with E-state index < -0.39 is 12.1 Å². The maximum Gasteiger partial charge on any atom is 0.315 e. The highest BCUT2D eigenvalue weighted by atomic mass is 16.2. The van der Waals surface area contributed by atoms with Gasteiger partial charge in [0.2, 0.25) is 11.8 Å². The topological polar surface area (TPSA) is 90.5 Å². The number of nitrogens with zero attached hydrogens (tertiary/aromatic N) is 1. The molecule has 4 amide bonds. The Morgan fingerprint density at radius 1 is 1.03 bits per heavy atom. The van der Waals surface area contributed by atoms with Crippen molar-refractivity contribution >= 4 is 17.8 Å². The molecule has 2 rings (SSSR count). The van der Waals surface area contributed by atoms with Crippen molar-refractivity contribution in [2.24, 2.45) is 11.8 Å². The average Bonchev–Trinajstić information content (AvgIpc) is 3.10. The molecule has 3 unspecified atom stereocenters. The van der Waals surface area contributed by atoms with Gasteiger partial charge in [-0.3, -0.25) is 9.59 Å². The highest BCUT2D eigenvalue weighted by molar-refractivity contribution is 5.92. The van der Waals surface area contributed by atoms with Crippen LogP contribution in [0.2, 0.25) is 0 Å². The quantitative estimate of drug-likeness (QED) is 0.409. The number of hydrogen-bond acceptors (Lipinski definition) is 3. The first-order chi connectivity index (χ1) is 14.9. The molecule has 0 spiro atoms. The van der Waals surface area contributed by atoms with Crippen LogP contribution in [0.15, 0.2) is 0 Å². The molecule has 1 saturated heterocycles. The van der Waals surface area contributed by atoms with Crippen LogP contribution in [0.1, 0.15) is 91.4 Å². The summed E-state index contributed by atoms with van der Waals surface area (Å²) in [7, 11) is 1.55. The van der Waals surface area contributed by atoms with Gasteiger partial charge in [0.05, 0.1) is 0 Å². The lowest BCUT2D eigenvalue weighted by Crippen LogP contribution is -2.56. The summed E-state index contributed by atoms with van der Waals surface area (Å²) in [4.78, 5) is 40.2. The third-order valence-corrected chi connectivity index (χ3v) is 6.98. The molecular weight excluding hydrogens is 392 g/mol. The van der Waals surface area contributed by atoms with E-state index in [0.29, 0.717) is 13.0 Å². The van der Waals surface area contributed by atoms with E-state index in [2.05, 4.69) is 29.8 Å². The average molecular weight is 437 g/mol. The second kappa shape index (κ2) is 12.9. The number of nitrogens with one attached hydrogen (secondary N) is 3. The summed E-state index contributed by atoms with van der Waals surface area (Å²) in [5.41, 5.74) is 0. The lowest BCUT2D eigenvalue weighted by Gasteiger charge is -2.32. The Morgan fingerprint density at radius 2 is 1.74 bits per heavy atom. The van der Waals surface area contributed by atoms with Gasteiger partial charge in [-0.15, -0.1) is 0 Å². The van der Waals surface area contributed by atoms with E-state index in [1.54, 1.807) is 11.9 Å². The van der Waals surface area contributed by atoms with E-state index in [-0.39, 0.29) is 29.8 Å². The van der Waals surface area contributed by atoms with Gasteiger partial charge in [0.1, 0.15) is 12.1 Å². The fraction of sp³-hybridized carbons (Fsp3) is 0.875. The summed E-state index contributed by atoms with van der Waals surface area (Å²) < 4.78 is 0. The highest BCUT2D eigenvalue weighted by Crippen LogP contribution is 2.31. The number of rotatable bonds is 12. The number of urea groups is 1. The Bertz CT molecular complexity index is 593. The number of amides is 4. The van der Waals surface area contributed by atoms with Crippen molar-refractivity contribution in [2.45, 2.75) is 110 Å². The third kappa shape index (κ3) is 7.69. The van der Waals surface area contributed by atoms with E-state index in [4.69, 9.17) is 0 Å². The second-order valence-corrected chi connectivity index (χ2v) is 9.66. The third-order valence-electron chi connectivity index (χ3n) is 6.98. The van der Waals surface area contributed by atoms with Crippen molar-refractivity contribution in [3.63, 3.8) is 0 Å². The molecule has 31 heavy (non-hydrogen) atoms. The van der Waals surface area contributed by atoms with E-state index in [1.165, 1.54) is 32.1 Å². The van der Waals surface area contributed by atoms with Gasteiger partial charge in [-0.25, -0.2) is 4.79 Å². The predicted octanol–water partition coefficient (Wildman–Crippen LogP) is 3.58. The molecule has 0 aromatic rings. The van der Waals surface area contributed by atoms with Gasteiger partial charge >= 0.3 is 6.03 Å². The predicted molar refractivity (Wildman–Crippen MR) is 124 cm³/mol. The Labute approximate surface area is 188 Å². The zero-order valence-corrected chi connectivity index (χ0v) is 20.0. The molecule has 3 N–H and O–H groups in total. The summed E-state index contributed by atoms with van der Waals surface area (Å²) in [6.45, 7) is 6.84. The number of carbonyl (C=O) groups excluding carboxylic acids is 3. The molecule has 1 saturated carbocycles. The van der Waals surface area contributed by atoms with Crippen LogP contribution in [0.5, 0.6) is 0 Å². The number of carbonyl (C=O) groups is 3. The zero-order chi connectivity index (χ0) is 22.8. The molecule has 0 aromatic heterocycles. The minimum absolute atomic E-state index is 0.0492. The van der Waals surface area contributed by atoms with Gasteiger partial charge in [-0.1, -0.05) is 65.2 Å². The Morgan fingerprint density at radius 3 is 2.35 bits per heavy atom. The van der Waals surface area contributed by atoms with Crippen molar-refractivity contribution in [1.82, 2.24) is 20.9 Å². The fourth-order valence-corrected chi connectivity index (χ4v) is 4.85. The van der Waals surface area contributed by atoms with Crippen molar-refractivity contribution < 1.29 is 14.4 Å². The maximum absolute atomic E-state index is 13.4. The Balaban J connectivity index is 1.98. The van der Waals surface area contributed by atoms with Crippen LogP contribution < -0.4 is 16.0 Å². The molecule has 1 aliphatic carbocycles. The van der Waals surface area contributed by atoms with Gasteiger partial charge in [-0.05, 0) is 38.0 Å². The van der Waals surface area contributed by atoms with Crippen molar-refractivity contribution in [3.8, 4) is 0 Å². The van der Waals surface area contributed by atoms with E-state index in [1.807, 2.05) is 6.92 Å². The lowest BCUT2D eigenvalue weighted by atomic mass is 9.81. The largest absolute Gasteiger partial charge is 0.352 e. The molecule has 1 heterocycles. The molecular formula is C24H44N4O3. The molecule has 7 nitrogen and oxygen atoms in total. The molecule has 0 aromatic carbocycles. The van der Waals surface area contributed by atoms with Crippen LogP contribution in [0.25, 0.3) is 0 Å². The van der Waals surface area contributed by atoms with Crippen molar-refractivity contribution in [3.05, 3.63) is 0 Å². The van der Waals surface area contributed by atoms with Crippen LogP contribution in [0, 0.1) is 11.8 Å². The molecule has 2 aliphatic rings. The molecule has 4 atom stereocenters. The maximum atomic E-state index is 13.4. The van der Waals surface area contributed by atoms with Gasteiger partial charge in [0, 0.05) is 19.6 Å². The van der Waals surface area contributed by atoms with Gasteiger partial charge < -0.3 is 20.9 Å². The molecule has 178 valence electrons. The molecule has 2 fully saturated rings. The van der Waals surface area contributed by atoms with Crippen molar-refractivity contribution in [2.75, 3.05) is 13.6 Å². The molecule has 0 bridgehead atoms. The van der Waals surface area contributed by atoms with E-state index in [9.17, 15) is 14.4 Å². The molecule has 7 heteroatoms.